The highest BCUT2D eigenvalue weighted by Gasteiger charge is 2.62. The summed E-state index contributed by atoms with van der Waals surface area (Å²) in [6, 6.07) is 0. The fourth-order valence-electron chi connectivity index (χ4n) is 1.79. The van der Waals surface area contributed by atoms with Gasteiger partial charge in [0, 0.05) is 19.8 Å². The molecule has 0 saturated carbocycles. The summed E-state index contributed by atoms with van der Waals surface area (Å²) in [5.74, 6) is -3.44. The van der Waals surface area contributed by atoms with Gasteiger partial charge in [0.15, 0.2) is 0 Å². The van der Waals surface area contributed by atoms with Crippen LogP contribution in [0.1, 0.15) is 41.5 Å². The summed E-state index contributed by atoms with van der Waals surface area (Å²) in [6.07, 6.45) is 0. The van der Waals surface area contributed by atoms with Crippen molar-refractivity contribution < 1.29 is 33.5 Å². The van der Waals surface area contributed by atoms with E-state index < -0.39 is 11.9 Å². The molecule has 0 aliphatic rings. The standard InChI is InChI=1S/C14H30O7/c1-7-15-13(16-8-2,17-9-3)14(18-10-4,19-11-5)21-20-12-6/h7-12H2,1-6H3. The van der Waals surface area contributed by atoms with Crippen molar-refractivity contribution in [1.29, 1.82) is 0 Å². The largest absolute Gasteiger partial charge is 0.396 e. The van der Waals surface area contributed by atoms with E-state index in [-0.39, 0.29) is 0 Å². The maximum absolute atomic E-state index is 5.68. The topological polar surface area (TPSA) is 64.6 Å². The molecule has 7 heteroatoms. The fraction of sp³-hybridized carbons (Fsp3) is 1.00. The molecule has 21 heavy (non-hydrogen) atoms. The highest BCUT2D eigenvalue weighted by molar-refractivity contribution is 4.73. The highest BCUT2D eigenvalue weighted by Crippen LogP contribution is 2.36. The Morgan fingerprint density at radius 3 is 1.10 bits per heavy atom. The quantitative estimate of drug-likeness (QED) is 0.277. The Morgan fingerprint density at radius 1 is 0.476 bits per heavy atom. The molecule has 0 aromatic heterocycles. The van der Waals surface area contributed by atoms with Gasteiger partial charge < -0.3 is 23.7 Å². The van der Waals surface area contributed by atoms with E-state index >= 15 is 0 Å². The molecule has 0 aliphatic heterocycles. The Morgan fingerprint density at radius 2 is 0.810 bits per heavy atom. The SMILES string of the molecule is CCOOC(OCC)(OCC)C(OCC)(OCC)OCC. The minimum Gasteiger partial charge on any atom is -0.321 e. The van der Waals surface area contributed by atoms with E-state index in [9.17, 15) is 0 Å². The monoisotopic (exact) mass is 310 g/mol. The van der Waals surface area contributed by atoms with Crippen LogP contribution < -0.4 is 0 Å². The van der Waals surface area contributed by atoms with Gasteiger partial charge in [-0.15, -0.1) is 0 Å². The van der Waals surface area contributed by atoms with Crippen LogP contribution in [0.15, 0.2) is 0 Å². The third-order valence-corrected chi connectivity index (χ3v) is 2.33. The predicted octanol–water partition coefficient (Wildman–Crippen LogP) is 2.44. The van der Waals surface area contributed by atoms with Crippen LogP contribution in [0.4, 0.5) is 0 Å². The van der Waals surface area contributed by atoms with Gasteiger partial charge in [-0.1, -0.05) is 0 Å². The Labute approximate surface area is 127 Å². The van der Waals surface area contributed by atoms with Crippen molar-refractivity contribution in [1.82, 2.24) is 0 Å². The van der Waals surface area contributed by atoms with Crippen LogP contribution in [0.3, 0.4) is 0 Å². The maximum Gasteiger partial charge on any atom is 0.396 e. The summed E-state index contributed by atoms with van der Waals surface area (Å²) in [6.45, 7) is 12.7. The van der Waals surface area contributed by atoms with Crippen LogP contribution in [-0.2, 0) is 33.5 Å². The Balaban J connectivity index is 5.65. The molecule has 0 heterocycles. The van der Waals surface area contributed by atoms with Crippen molar-refractivity contribution in [2.45, 2.75) is 53.5 Å². The van der Waals surface area contributed by atoms with E-state index in [4.69, 9.17) is 33.5 Å². The molecule has 0 amide bonds. The first kappa shape index (κ1) is 20.7. The minimum atomic E-state index is -1.77. The zero-order chi connectivity index (χ0) is 16.2. The fourth-order valence-corrected chi connectivity index (χ4v) is 1.79. The smallest absolute Gasteiger partial charge is 0.321 e. The van der Waals surface area contributed by atoms with Gasteiger partial charge in [-0.25, -0.2) is 4.89 Å². The molecule has 0 radical (unpaired) electrons. The van der Waals surface area contributed by atoms with Gasteiger partial charge in [-0.05, 0) is 41.5 Å². The number of rotatable bonds is 14. The summed E-state index contributed by atoms with van der Waals surface area (Å²) < 4.78 is 28.3. The van der Waals surface area contributed by atoms with E-state index in [1.165, 1.54) is 0 Å². The zero-order valence-corrected chi connectivity index (χ0v) is 14.1. The van der Waals surface area contributed by atoms with E-state index in [0.29, 0.717) is 39.6 Å². The predicted molar refractivity (Wildman–Crippen MR) is 76.3 cm³/mol. The second kappa shape index (κ2) is 11.3. The summed E-state index contributed by atoms with van der Waals surface area (Å²) in [7, 11) is 0. The lowest BCUT2D eigenvalue weighted by Gasteiger charge is -2.44. The first-order valence-electron chi connectivity index (χ1n) is 7.62. The molecule has 0 N–H and O–H groups in total. The molecule has 0 aromatic carbocycles. The molecule has 0 aromatic rings. The highest BCUT2D eigenvalue weighted by atomic mass is 17.3. The molecule has 0 unspecified atom stereocenters. The third-order valence-electron chi connectivity index (χ3n) is 2.33. The number of ether oxygens (including phenoxy) is 5. The first-order chi connectivity index (χ1) is 10.1. The molecule has 0 aliphatic carbocycles. The molecule has 0 rings (SSSR count). The van der Waals surface area contributed by atoms with Crippen molar-refractivity contribution in [3.63, 3.8) is 0 Å². The molecule has 0 saturated heterocycles. The van der Waals surface area contributed by atoms with E-state index in [0.717, 1.165) is 0 Å². The van der Waals surface area contributed by atoms with Gasteiger partial charge in [-0.3, -0.25) is 0 Å². The Kier molecular flexibility index (Phi) is 11.2. The van der Waals surface area contributed by atoms with Crippen LogP contribution >= 0.6 is 0 Å². The van der Waals surface area contributed by atoms with Crippen LogP contribution in [0.25, 0.3) is 0 Å². The summed E-state index contributed by atoms with van der Waals surface area (Å²) in [5, 5.41) is 0. The van der Waals surface area contributed by atoms with Crippen LogP contribution in [0.2, 0.25) is 0 Å². The first-order valence-corrected chi connectivity index (χ1v) is 7.62. The molecule has 0 spiro atoms. The summed E-state index contributed by atoms with van der Waals surface area (Å²) in [4.78, 5) is 10.4. The lowest BCUT2D eigenvalue weighted by Crippen LogP contribution is -2.64. The van der Waals surface area contributed by atoms with Crippen molar-refractivity contribution >= 4 is 0 Å². The summed E-state index contributed by atoms with van der Waals surface area (Å²) in [5.41, 5.74) is 0. The normalized spacial score (nSPS) is 12.9. The Bertz CT molecular complexity index is 224. The van der Waals surface area contributed by atoms with Crippen molar-refractivity contribution in [3.05, 3.63) is 0 Å². The summed E-state index contributed by atoms with van der Waals surface area (Å²) >= 11 is 0. The van der Waals surface area contributed by atoms with Gasteiger partial charge in [-0.2, -0.15) is 4.89 Å². The van der Waals surface area contributed by atoms with Gasteiger partial charge in [0.1, 0.15) is 0 Å². The molecule has 7 nitrogen and oxygen atoms in total. The second-order valence-corrected chi connectivity index (χ2v) is 3.77. The maximum atomic E-state index is 5.68. The second-order valence-electron chi connectivity index (χ2n) is 3.77. The van der Waals surface area contributed by atoms with E-state index in [1.807, 2.05) is 20.8 Å². The van der Waals surface area contributed by atoms with E-state index in [1.54, 1.807) is 20.8 Å². The average molecular weight is 310 g/mol. The molecule has 0 atom stereocenters. The number of hydrogen-bond acceptors (Lipinski definition) is 7. The zero-order valence-electron chi connectivity index (χ0n) is 14.1. The number of hydrogen-bond donors (Lipinski definition) is 0. The van der Waals surface area contributed by atoms with Gasteiger partial charge in [0.25, 0.3) is 0 Å². The Hall–Kier alpha value is -0.280. The van der Waals surface area contributed by atoms with Crippen LogP contribution in [-0.4, -0.2) is 51.6 Å². The van der Waals surface area contributed by atoms with Crippen LogP contribution in [0.5, 0.6) is 0 Å². The molecule has 0 fully saturated rings. The van der Waals surface area contributed by atoms with Gasteiger partial charge >= 0.3 is 11.9 Å². The van der Waals surface area contributed by atoms with Gasteiger partial charge in [0.2, 0.25) is 0 Å². The van der Waals surface area contributed by atoms with Crippen molar-refractivity contribution in [2.24, 2.45) is 0 Å². The lowest BCUT2D eigenvalue weighted by atomic mass is 10.4. The molecule has 0 bridgehead atoms. The average Bonchev–Trinajstić information content (AvgIpc) is 2.46. The third kappa shape index (κ3) is 5.45. The van der Waals surface area contributed by atoms with Crippen molar-refractivity contribution in [3.8, 4) is 0 Å². The molecular formula is C14H30O7. The minimum absolute atomic E-state index is 0.294. The van der Waals surface area contributed by atoms with Crippen LogP contribution in [0, 0.1) is 0 Å². The van der Waals surface area contributed by atoms with Gasteiger partial charge in [0.05, 0.1) is 19.8 Å². The lowest BCUT2D eigenvalue weighted by molar-refractivity contribution is -0.614. The van der Waals surface area contributed by atoms with Crippen molar-refractivity contribution in [2.75, 3.05) is 39.6 Å². The van der Waals surface area contributed by atoms with E-state index in [2.05, 4.69) is 0 Å². The molecular weight excluding hydrogens is 280 g/mol. The molecule has 128 valence electrons.